The third-order valence-corrected chi connectivity index (χ3v) is 3.38. The molecule has 1 atom stereocenters. The summed E-state index contributed by atoms with van der Waals surface area (Å²) < 4.78 is 14.2. The highest BCUT2D eigenvalue weighted by Gasteiger charge is 2.29. The Morgan fingerprint density at radius 1 is 1.47 bits per heavy atom. The normalized spacial score (nSPS) is 17.8. The summed E-state index contributed by atoms with van der Waals surface area (Å²) in [5, 5.41) is 9.66. The van der Waals surface area contributed by atoms with Crippen LogP contribution in [0.15, 0.2) is 22.7 Å². The molecule has 82 valence electrons. The van der Waals surface area contributed by atoms with E-state index < -0.39 is 0 Å². The molecule has 0 aromatic heterocycles. The summed E-state index contributed by atoms with van der Waals surface area (Å²) >= 11 is 3.22. The van der Waals surface area contributed by atoms with Crippen LogP contribution in [-0.4, -0.2) is 11.2 Å². The second kappa shape index (κ2) is 4.62. The van der Waals surface area contributed by atoms with E-state index in [0.717, 1.165) is 17.3 Å². The van der Waals surface area contributed by atoms with E-state index in [0.29, 0.717) is 24.3 Å². The maximum Gasteiger partial charge on any atom is 0.127 e. The topological polar surface area (TPSA) is 20.2 Å². The second-order valence-corrected chi connectivity index (χ2v) is 5.09. The number of hydrogen-bond acceptors (Lipinski definition) is 1. The summed E-state index contributed by atoms with van der Waals surface area (Å²) in [7, 11) is 0. The fourth-order valence-electron chi connectivity index (χ4n) is 1.74. The molecule has 0 amide bonds. The molecule has 1 unspecified atom stereocenters. The van der Waals surface area contributed by atoms with Gasteiger partial charge in [-0.3, -0.25) is 0 Å². The molecule has 1 saturated carbocycles. The summed E-state index contributed by atoms with van der Waals surface area (Å²) in [5.41, 5.74) is 0.693. The van der Waals surface area contributed by atoms with Crippen LogP contribution >= 0.6 is 15.9 Å². The molecule has 1 fully saturated rings. The van der Waals surface area contributed by atoms with E-state index >= 15 is 0 Å². The van der Waals surface area contributed by atoms with Crippen molar-refractivity contribution in [3.05, 3.63) is 34.1 Å². The van der Waals surface area contributed by atoms with Crippen LogP contribution < -0.4 is 0 Å². The lowest BCUT2D eigenvalue weighted by molar-refractivity contribution is 0.141. The lowest BCUT2D eigenvalue weighted by Crippen LogP contribution is -2.10. The predicted molar refractivity (Wildman–Crippen MR) is 61.2 cm³/mol. The quantitative estimate of drug-likeness (QED) is 0.892. The number of rotatable bonds is 4. The first-order chi connectivity index (χ1) is 7.16. The molecule has 1 nitrogen and oxygen atoms in total. The van der Waals surface area contributed by atoms with Crippen molar-refractivity contribution in [1.82, 2.24) is 0 Å². The van der Waals surface area contributed by atoms with Gasteiger partial charge in [0.05, 0.1) is 6.10 Å². The Bertz CT molecular complexity index is 349. The van der Waals surface area contributed by atoms with Crippen molar-refractivity contribution in [1.29, 1.82) is 0 Å². The monoisotopic (exact) mass is 272 g/mol. The van der Waals surface area contributed by atoms with E-state index in [2.05, 4.69) is 15.9 Å². The number of benzene rings is 1. The van der Waals surface area contributed by atoms with Gasteiger partial charge in [-0.2, -0.15) is 0 Å². The minimum absolute atomic E-state index is 0.188. The van der Waals surface area contributed by atoms with Crippen LogP contribution in [-0.2, 0) is 6.42 Å². The van der Waals surface area contributed by atoms with Crippen LogP contribution in [0.2, 0.25) is 0 Å². The van der Waals surface area contributed by atoms with Crippen molar-refractivity contribution in [3.8, 4) is 0 Å². The zero-order valence-corrected chi connectivity index (χ0v) is 10.0. The molecule has 2 rings (SSSR count). The molecule has 0 bridgehead atoms. The Hall–Kier alpha value is -0.410. The molecule has 1 aromatic rings. The van der Waals surface area contributed by atoms with Gasteiger partial charge >= 0.3 is 0 Å². The molecular formula is C12H14BrFO. The van der Waals surface area contributed by atoms with Gasteiger partial charge in [0.15, 0.2) is 0 Å². The summed E-state index contributed by atoms with van der Waals surface area (Å²) in [6.07, 6.45) is 3.31. The van der Waals surface area contributed by atoms with Gasteiger partial charge in [0, 0.05) is 4.47 Å². The fraction of sp³-hybridized carbons (Fsp3) is 0.500. The lowest BCUT2D eigenvalue weighted by atomic mass is 10.0. The van der Waals surface area contributed by atoms with Gasteiger partial charge in [0.25, 0.3) is 0 Å². The van der Waals surface area contributed by atoms with Crippen LogP contribution in [0.4, 0.5) is 4.39 Å². The van der Waals surface area contributed by atoms with Gasteiger partial charge in [0.1, 0.15) is 5.82 Å². The standard InChI is InChI=1S/C12H14BrFO/c13-10-5-3-8(11(14)7-10)4-6-12(15)9-1-2-9/h3,5,7,9,12,15H,1-2,4,6H2. The van der Waals surface area contributed by atoms with Crippen molar-refractivity contribution >= 4 is 15.9 Å². The molecular weight excluding hydrogens is 259 g/mol. The number of aryl methyl sites for hydroxylation is 1. The summed E-state index contributed by atoms with van der Waals surface area (Å²) in [6.45, 7) is 0. The number of aliphatic hydroxyl groups is 1. The van der Waals surface area contributed by atoms with E-state index in [9.17, 15) is 9.50 Å². The van der Waals surface area contributed by atoms with Crippen LogP contribution in [0.5, 0.6) is 0 Å². The predicted octanol–water partition coefficient (Wildman–Crippen LogP) is 3.29. The Balaban J connectivity index is 1.92. The Morgan fingerprint density at radius 2 is 2.20 bits per heavy atom. The molecule has 1 aliphatic carbocycles. The Morgan fingerprint density at radius 3 is 2.80 bits per heavy atom. The zero-order valence-electron chi connectivity index (χ0n) is 8.42. The number of aliphatic hydroxyl groups excluding tert-OH is 1. The number of halogens is 2. The van der Waals surface area contributed by atoms with Gasteiger partial charge in [-0.05, 0) is 49.3 Å². The van der Waals surface area contributed by atoms with Gasteiger partial charge in [0.2, 0.25) is 0 Å². The summed E-state index contributed by atoms with van der Waals surface area (Å²) in [6, 6.07) is 5.08. The highest BCUT2D eigenvalue weighted by molar-refractivity contribution is 9.10. The van der Waals surface area contributed by atoms with Gasteiger partial charge in [-0.15, -0.1) is 0 Å². The molecule has 1 aromatic carbocycles. The van der Waals surface area contributed by atoms with E-state index in [1.54, 1.807) is 6.07 Å². The highest BCUT2D eigenvalue weighted by Crippen LogP contribution is 2.34. The number of hydrogen-bond donors (Lipinski definition) is 1. The smallest absolute Gasteiger partial charge is 0.127 e. The maximum atomic E-state index is 13.4. The van der Waals surface area contributed by atoms with Crippen molar-refractivity contribution in [2.24, 2.45) is 5.92 Å². The molecule has 15 heavy (non-hydrogen) atoms. The lowest BCUT2D eigenvalue weighted by Gasteiger charge is -2.09. The molecule has 0 spiro atoms. The van der Waals surface area contributed by atoms with Crippen molar-refractivity contribution < 1.29 is 9.50 Å². The molecule has 0 heterocycles. The van der Waals surface area contributed by atoms with Crippen molar-refractivity contribution in [2.75, 3.05) is 0 Å². The van der Waals surface area contributed by atoms with Crippen LogP contribution in [0, 0.1) is 11.7 Å². The van der Waals surface area contributed by atoms with Crippen molar-refractivity contribution in [2.45, 2.75) is 31.8 Å². The van der Waals surface area contributed by atoms with Crippen LogP contribution in [0.25, 0.3) is 0 Å². The van der Waals surface area contributed by atoms with Crippen LogP contribution in [0.1, 0.15) is 24.8 Å². The SMILES string of the molecule is OC(CCc1ccc(Br)cc1F)C1CC1. The summed E-state index contributed by atoms with van der Waals surface area (Å²) in [4.78, 5) is 0. The molecule has 1 N–H and O–H groups in total. The van der Waals surface area contributed by atoms with Gasteiger partial charge < -0.3 is 5.11 Å². The largest absolute Gasteiger partial charge is 0.393 e. The third-order valence-electron chi connectivity index (χ3n) is 2.89. The second-order valence-electron chi connectivity index (χ2n) is 4.18. The highest BCUT2D eigenvalue weighted by atomic mass is 79.9. The minimum atomic E-state index is -0.243. The first-order valence-electron chi connectivity index (χ1n) is 5.29. The van der Waals surface area contributed by atoms with Crippen LogP contribution in [0.3, 0.4) is 0 Å². The molecule has 0 aliphatic heterocycles. The summed E-state index contributed by atoms with van der Waals surface area (Å²) in [5.74, 6) is 0.288. The van der Waals surface area contributed by atoms with E-state index in [4.69, 9.17) is 0 Å². The molecule has 0 radical (unpaired) electrons. The average Bonchev–Trinajstić information content (AvgIpc) is 2.99. The minimum Gasteiger partial charge on any atom is -0.393 e. The first-order valence-corrected chi connectivity index (χ1v) is 6.08. The molecule has 0 saturated heterocycles. The molecule has 3 heteroatoms. The first kappa shape index (κ1) is 11.1. The fourth-order valence-corrected chi connectivity index (χ4v) is 2.08. The zero-order chi connectivity index (χ0) is 10.8. The van der Waals surface area contributed by atoms with E-state index in [1.807, 2.05) is 6.07 Å². The van der Waals surface area contributed by atoms with Crippen molar-refractivity contribution in [3.63, 3.8) is 0 Å². The van der Waals surface area contributed by atoms with Gasteiger partial charge in [-0.1, -0.05) is 22.0 Å². The molecule has 1 aliphatic rings. The Kier molecular flexibility index (Phi) is 3.42. The Labute approximate surface area is 97.4 Å². The maximum absolute atomic E-state index is 13.4. The average molecular weight is 273 g/mol. The van der Waals surface area contributed by atoms with Gasteiger partial charge in [-0.25, -0.2) is 4.39 Å². The van der Waals surface area contributed by atoms with E-state index in [-0.39, 0.29) is 11.9 Å². The third kappa shape index (κ3) is 3.02. The van der Waals surface area contributed by atoms with E-state index in [1.165, 1.54) is 6.07 Å².